The average molecular weight is 263 g/mol. The van der Waals surface area contributed by atoms with Gasteiger partial charge in [-0.15, -0.1) is 11.3 Å². The van der Waals surface area contributed by atoms with Crippen LogP contribution in [0.15, 0.2) is 48.5 Å². The summed E-state index contributed by atoms with van der Waals surface area (Å²) >= 11 is 1.90. The number of aromatic nitrogens is 1. The Hall–Kier alpha value is -1.93. The van der Waals surface area contributed by atoms with E-state index in [4.69, 9.17) is 4.98 Å². The molecule has 0 bridgehead atoms. The Labute approximate surface area is 115 Å². The molecular weight excluding hydrogens is 250 g/mol. The molecule has 0 amide bonds. The van der Waals surface area contributed by atoms with Crippen LogP contribution in [0.2, 0.25) is 0 Å². The summed E-state index contributed by atoms with van der Waals surface area (Å²) in [5.74, 6) is 0. The van der Waals surface area contributed by atoms with Crippen LogP contribution in [0, 0.1) is 0 Å². The molecule has 0 fully saturated rings. The first-order valence-corrected chi connectivity index (χ1v) is 7.39. The lowest BCUT2D eigenvalue weighted by atomic mass is 10.0. The van der Waals surface area contributed by atoms with E-state index in [9.17, 15) is 0 Å². The van der Waals surface area contributed by atoms with Crippen molar-refractivity contribution in [3.63, 3.8) is 0 Å². The quantitative estimate of drug-likeness (QED) is 0.464. The van der Waals surface area contributed by atoms with Crippen molar-refractivity contribution in [2.75, 3.05) is 0 Å². The second-order valence-electron chi connectivity index (χ2n) is 4.73. The number of nitrogens with zero attached hydrogens (tertiary/aromatic N) is 1. The maximum atomic E-state index is 4.86. The molecule has 92 valence electrons. The lowest BCUT2D eigenvalue weighted by Crippen LogP contribution is -1.87. The van der Waals surface area contributed by atoms with E-state index in [1.165, 1.54) is 25.9 Å². The van der Waals surface area contributed by atoms with E-state index in [0.717, 1.165) is 17.6 Å². The summed E-state index contributed by atoms with van der Waals surface area (Å²) in [5.41, 5.74) is 3.62. The van der Waals surface area contributed by atoms with Crippen LogP contribution in [0.4, 0.5) is 0 Å². The van der Waals surface area contributed by atoms with Gasteiger partial charge in [0.05, 0.1) is 11.2 Å². The SMILES string of the molecule is CCc1sc2ccccc2c2nc3ccccc3c1-2. The summed E-state index contributed by atoms with van der Waals surface area (Å²) in [4.78, 5) is 6.29. The second kappa shape index (κ2) is 4.04. The van der Waals surface area contributed by atoms with Crippen LogP contribution in [0.25, 0.3) is 32.2 Å². The molecule has 4 rings (SSSR count). The van der Waals surface area contributed by atoms with E-state index in [0.29, 0.717) is 0 Å². The van der Waals surface area contributed by atoms with Crippen molar-refractivity contribution < 1.29 is 0 Å². The van der Waals surface area contributed by atoms with Crippen LogP contribution in [-0.2, 0) is 6.42 Å². The van der Waals surface area contributed by atoms with Gasteiger partial charge < -0.3 is 0 Å². The van der Waals surface area contributed by atoms with E-state index in [2.05, 4.69) is 55.5 Å². The zero-order chi connectivity index (χ0) is 12.8. The molecule has 0 spiro atoms. The Kier molecular flexibility index (Phi) is 2.32. The fourth-order valence-corrected chi connectivity index (χ4v) is 3.89. The number of rotatable bonds is 1. The van der Waals surface area contributed by atoms with Crippen LogP contribution in [0.1, 0.15) is 11.8 Å². The summed E-state index contributed by atoms with van der Waals surface area (Å²) in [7, 11) is 0. The first kappa shape index (κ1) is 10.9. The lowest BCUT2D eigenvalue weighted by molar-refractivity contribution is 1.19. The minimum atomic E-state index is 1.06. The average Bonchev–Trinajstić information content (AvgIpc) is 2.86. The van der Waals surface area contributed by atoms with Gasteiger partial charge in [0, 0.05) is 25.9 Å². The van der Waals surface area contributed by atoms with Gasteiger partial charge in [0.15, 0.2) is 0 Å². The molecule has 0 N–H and O–H groups in total. The van der Waals surface area contributed by atoms with E-state index in [1.54, 1.807) is 0 Å². The fraction of sp³-hybridized carbons (Fsp3) is 0.118. The normalized spacial score (nSPS) is 11.6. The zero-order valence-electron chi connectivity index (χ0n) is 10.7. The zero-order valence-corrected chi connectivity index (χ0v) is 11.5. The molecule has 0 aliphatic carbocycles. The van der Waals surface area contributed by atoms with Crippen molar-refractivity contribution in [3.05, 3.63) is 53.4 Å². The minimum absolute atomic E-state index is 1.06. The van der Waals surface area contributed by atoms with Crippen molar-refractivity contribution in [1.29, 1.82) is 0 Å². The van der Waals surface area contributed by atoms with Gasteiger partial charge in [-0.25, -0.2) is 4.98 Å². The number of para-hydroxylation sites is 1. The Morgan fingerprint density at radius 1 is 0.947 bits per heavy atom. The van der Waals surface area contributed by atoms with Gasteiger partial charge in [-0.05, 0) is 18.6 Å². The molecule has 2 heterocycles. The van der Waals surface area contributed by atoms with Crippen molar-refractivity contribution in [2.45, 2.75) is 13.3 Å². The van der Waals surface area contributed by atoms with Gasteiger partial charge in [-0.2, -0.15) is 0 Å². The van der Waals surface area contributed by atoms with Gasteiger partial charge in [-0.3, -0.25) is 0 Å². The maximum Gasteiger partial charge on any atom is 0.0813 e. The third-order valence-electron chi connectivity index (χ3n) is 3.62. The molecule has 2 aliphatic rings. The van der Waals surface area contributed by atoms with Gasteiger partial charge in [0.1, 0.15) is 0 Å². The highest BCUT2D eigenvalue weighted by Crippen LogP contribution is 2.42. The van der Waals surface area contributed by atoms with Crippen molar-refractivity contribution in [3.8, 4) is 11.3 Å². The predicted molar refractivity (Wildman–Crippen MR) is 83.1 cm³/mol. The molecule has 0 saturated heterocycles. The van der Waals surface area contributed by atoms with Crippen LogP contribution in [0.5, 0.6) is 0 Å². The van der Waals surface area contributed by atoms with E-state index in [-0.39, 0.29) is 0 Å². The fourth-order valence-electron chi connectivity index (χ4n) is 2.75. The third-order valence-corrected chi connectivity index (χ3v) is 4.93. The third kappa shape index (κ3) is 1.50. The molecule has 2 aliphatic heterocycles. The topological polar surface area (TPSA) is 12.9 Å². The highest BCUT2D eigenvalue weighted by Gasteiger charge is 2.18. The summed E-state index contributed by atoms with van der Waals surface area (Å²) < 4.78 is 1.33. The Balaban J connectivity index is 2.29. The van der Waals surface area contributed by atoms with Crippen molar-refractivity contribution >= 4 is 32.3 Å². The Morgan fingerprint density at radius 2 is 1.68 bits per heavy atom. The molecule has 0 unspecified atom stereocenters. The molecule has 0 atom stereocenters. The van der Waals surface area contributed by atoms with Crippen LogP contribution in [0.3, 0.4) is 0 Å². The number of hydrogen-bond donors (Lipinski definition) is 0. The second-order valence-corrected chi connectivity index (χ2v) is 5.86. The number of benzene rings is 2. The van der Waals surface area contributed by atoms with Crippen molar-refractivity contribution in [1.82, 2.24) is 4.98 Å². The monoisotopic (exact) mass is 263 g/mol. The number of fused-ring (bicyclic) bond motifs is 5. The Bertz CT molecular complexity index is 860. The maximum absolute atomic E-state index is 4.86. The summed E-state index contributed by atoms with van der Waals surface area (Å²) in [6.45, 7) is 2.22. The molecular formula is C17H13NS. The van der Waals surface area contributed by atoms with Gasteiger partial charge in [0.2, 0.25) is 0 Å². The molecule has 0 aromatic heterocycles. The Morgan fingerprint density at radius 3 is 2.53 bits per heavy atom. The first-order valence-electron chi connectivity index (χ1n) is 6.57. The molecule has 2 aromatic carbocycles. The van der Waals surface area contributed by atoms with Gasteiger partial charge >= 0.3 is 0 Å². The predicted octanol–water partition coefficient (Wildman–Crippen LogP) is 5.12. The van der Waals surface area contributed by atoms with E-state index >= 15 is 0 Å². The van der Waals surface area contributed by atoms with Crippen LogP contribution in [-0.4, -0.2) is 4.98 Å². The molecule has 2 aromatic rings. The highest BCUT2D eigenvalue weighted by molar-refractivity contribution is 7.19. The summed E-state index contributed by atoms with van der Waals surface area (Å²) in [6.07, 6.45) is 1.06. The smallest absolute Gasteiger partial charge is 0.0813 e. The van der Waals surface area contributed by atoms with Crippen molar-refractivity contribution in [2.24, 2.45) is 0 Å². The lowest BCUT2D eigenvalue weighted by Gasteiger charge is -2.09. The van der Waals surface area contributed by atoms with Crippen LogP contribution < -0.4 is 0 Å². The standard InChI is InChI=1S/C17H13NS/c1-2-14-16-11-7-3-5-9-13(11)18-17(16)12-8-4-6-10-15(12)19-14/h3-10H,2H2,1H3. The molecule has 2 heteroatoms. The van der Waals surface area contributed by atoms with E-state index in [1.807, 2.05) is 11.3 Å². The molecule has 1 nitrogen and oxygen atoms in total. The number of aryl methyl sites for hydroxylation is 1. The van der Waals surface area contributed by atoms with Gasteiger partial charge in [-0.1, -0.05) is 43.3 Å². The summed E-state index contributed by atoms with van der Waals surface area (Å²) in [5, 5.41) is 2.56. The summed E-state index contributed by atoms with van der Waals surface area (Å²) in [6, 6.07) is 17.0. The first-order chi connectivity index (χ1) is 9.38. The number of hydrogen-bond acceptors (Lipinski definition) is 2. The highest BCUT2D eigenvalue weighted by atomic mass is 32.1. The van der Waals surface area contributed by atoms with Gasteiger partial charge in [0.25, 0.3) is 0 Å². The molecule has 19 heavy (non-hydrogen) atoms. The minimum Gasteiger partial charge on any atom is -0.247 e. The van der Waals surface area contributed by atoms with Crippen LogP contribution >= 0.6 is 11.3 Å². The molecule has 0 radical (unpaired) electrons. The largest absolute Gasteiger partial charge is 0.247 e. The molecule has 0 saturated carbocycles. The van der Waals surface area contributed by atoms with E-state index < -0.39 is 0 Å².